The molecule has 0 bridgehead atoms. The fourth-order valence-electron chi connectivity index (χ4n) is 8.87. The molecule has 2 aromatic heterocycles. The minimum atomic E-state index is -0.105. The largest absolute Gasteiger partial charge is 0.309 e. The summed E-state index contributed by atoms with van der Waals surface area (Å²) in [6, 6.07) is 69.0. The number of aromatic nitrogens is 4. The molecule has 0 saturated carbocycles. The Morgan fingerprint density at radius 2 is 0.810 bits per heavy atom. The van der Waals surface area contributed by atoms with Gasteiger partial charge in [-0.1, -0.05) is 184 Å². The smallest absolute Gasteiger partial charge is 0.164 e. The van der Waals surface area contributed by atoms with E-state index in [1.807, 2.05) is 24.3 Å². The lowest BCUT2D eigenvalue weighted by atomic mass is 9.82. The zero-order valence-electron chi connectivity index (χ0n) is 32.3. The molecule has 0 atom stereocenters. The van der Waals surface area contributed by atoms with Crippen LogP contribution >= 0.6 is 0 Å². The van der Waals surface area contributed by atoms with Crippen molar-refractivity contribution in [3.8, 4) is 73.2 Å². The highest BCUT2D eigenvalue weighted by Gasteiger charge is 2.35. The van der Waals surface area contributed by atoms with Crippen LogP contribution in [-0.4, -0.2) is 19.5 Å². The third-order valence-corrected chi connectivity index (χ3v) is 11.9. The Balaban J connectivity index is 1.02. The van der Waals surface area contributed by atoms with Gasteiger partial charge in [-0.2, -0.15) is 0 Å². The molecule has 4 nitrogen and oxygen atoms in total. The molecule has 0 aliphatic heterocycles. The third-order valence-electron chi connectivity index (χ3n) is 11.9. The van der Waals surface area contributed by atoms with Crippen molar-refractivity contribution >= 4 is 21.8 Å². The van der Waals surface area contributed by atoms with Crippen molar-refractivity contribution in [2.45, 2.75) is 19.3 Å². The quantitative estimate of drug-likeness (QED) is 0.170. The lowest BCUT2D eigenvalue weighted by molar-refractivity contribution is 0.660. The van der Waals surface area contributed by atoms with Gasteiger partial charge in [0.25, 0.3) is 0 Å². The van der Waals surface area contributed by atoms with Crippen molar-refractivity contribution in [1.82, 2.24) is 19.5 Å². The summed E-state index contributed by atoms with van der Waals surface area (Å²) in [6.07, 6.45) is 0. The summed E-state index contributed by atoms with van der Waals surface area (Å²) in [5, 5.41) is 2.40. The van der Waals surface area contributed by atoms with Gasteiger partial charge in [-0.25, -0.2) is 15.0 Å². The minimum Gasteiger partial charge on any atom is -0.309 e. The van der Waals surface area contributed by atoms with E-state index in [1.54, 1.807) is 0 Å². The van der Waals surface area contributed by atoms with Crippen molar-refractivity contribution in [2.24, 2.45) is 0 Å². The van der Waals surface area contributed by atoms with Crippen molar-refractivity contribution in [3.05, 3.63) is 205 Å². The first-order valence-electron chi connectivity index (χ1n) is 19.9. The van der Waals surface area contributed by atoms with E-state index in [-0.39, 0.29) is 5.41 Å². The summed E-state index contributed by atoms with van der Waals surface area (Å²) >= 11 is 0. The first kappa shape index (κ1) is 33.9. The molecular formula is C54H38N4. The van der Waals surface area contributed by atoms with Crippen LogP contribution in [0.5, 0.6) is 0 Å². The van der Waals surface area contributed by atoms with Crippen molar-refractivity contribution in [3.63, 3.8) is 0 Å². The Bertz CT molecular complexity index is 3160. The molecule has 0 radical (unpaired) electrons. The Labute approximate surface area is 337 Å². The molecule has 8 aromatic carbocycles. The van der Waals surface area contributed by atoms with Crippen molar-refractivity contribution < 1.29 is 0 Å². The molecule has 58 heavy (non-hydrogen) atoms. The summed E-state index contributed by atoms with van der Waals surface area (Å²) in [4.78, 5) is 15.3. The first-order valence-corrected chi connectivity index (χ1v) is 19.9. The second-order valence-corrected chi connectivity index (χ2v) is 15.7. The molecule has 1 aliphatic carbocycles. The summed E-state index contributed by atoms with van der Waals surface area (Å²) < 4.78 is 2.40. The maximum atomic E-state index is 5.17. The van der Waals surface area contributed by atoms with E-state index in [1.165, 1.54) is 49.7 Å². The lowest BCUT2D eigenvalue weighted by Gasteiger charge is -2.22. The van der Waals surface area contributed by atoms with Gasteiger partial charge in [-0.15, -0.1) is 0 Å². The van der Waals surface area contributed by atoms with Crippen molar-refractivity contribution in [1.29, 1.82) is 0 Å². The normalized spacial score (nSPS) is 12.8. The molecule has 0 spiro atoms. The van der Waals surface area contributed by atoms with Gasteiger partial charge in [0.2, 0.25) is 0 Å². The van der Waals surface area contributed by atoms with E-state index < -0.39 is 0 Å². The Morgan fingerprint density at radius 1 is 0.345 bits per heavy atom. The second-order valence-electron chi connectivity index (χ2n) is 15.7. The molecular weight excluding hydrogens is 705 g/mol. The molecule has 0 saturated heterocycles. The topological polar surface area (TPSA) is 43.6 Å². The maximum Gasteiger partial charge on any atom is 0.164 e. The molecule has 1 aliphatic rings. The number of rotatable bonds is 6. The highest BCUT2D eigenvalue weighted by Crippen LogP contribution is 2.49. The number of hydrogen-bond acceptors (Lipinski definition) is 3. The molecule has 0 fully saturated rings. The zero-order chi connectivity index (χ0) is 38.8. The predicted octanol–water partition coefficient (Wildman–Crippen LogP) is 13.6. The van der Waals surface area contributed by atoms with E-state index >= 15 is 0 Å². The standard InChI is InChI=1S/C54H38N4/c1-54(2)47-19-11-9-17-43(47)44-32-30-42(34-48(44)54)58-49-20-12-10-18-45(49)46-31-29-41(33-50(46)58)53-56-51(39-15-7-4-8-16-39)55-52(57-53)40-27-25-38(26-28-40)37-23-21-36(22-24-37)35-13-5-3-6-14-35/h3-34H,1-2H3. The summed E-state index contributed by atoms with van der Waals surface area (Å²) in [6.45, 7) is 4.68. The number of benzene rings is 8. The van der Waals surface area contributed by atoms with Crippen LogP contribution in [0.25, 0.3) is 95.0 Å². The number of hydrogen-bond donors (Lipinski definition) is 0. The molecule has 0 amide bonds. The lowest BCUT2D eigenvalue weighted by Crippen LogP contribution is -2.15. The van der Waals surface area contributed by atoms with Crippen molar-refractivity contribution in [2.75, 3.05) is 0 Å². The third kappa shape index (κ3) is 5.56. The highest BCUT2D eigenvalue weighted by molar-refractivity contribution is 6.10. The SMILES string of the molecule is CC1(C)c2ccccc2-c2ccc(-n3c4ccccc4c4ccc(-c5nc(-c6ccccc6)nc(-c6ccc(-c7ccc(-c8ccccc8)cc7)cc6)n5)cc43)cc21. The van der Waals surface area contributed by atoms with E-state index in [2.05, 4.69) is 188 Å². The molecule has 274 valence electrons. The number of nitrogens with zero attached hydrogens (tertiary/aromatic N) is 4. The van der Waals surface area contributed by atoms with Crippen LogP contribution in [0.2, 0.25) is 0 Å². The Hall–Kier alpha value is -7.43. The summed E-state index contributed by atoms with van der Waals surface area (Å²) in [7, 11) is 0. The van der Waals surface area contributed by atoms with Crippen LogP contribution in [0.4, 0.5) is 0 Å². The fourth-order valence-corrected chi connectivity index (χ4v) is 8.87. The average Bonchev–Trinajstić information content (AvgIpc) is 3.74. The molecule has 11 rings (SSSR count). The zero-order valence-corrected chi connectivity index (χ0v) is 32.3. The number of fused-ring (bicyclic) bond motifs is 6. The second kappa shape index (κ2) is 13.4. The average molecular weight is 743 g/mol. The van der Waals surface area contributed by atoms with Gasteiger partial charge in [0.1, 0.15) is 0 Å². The molecule has 0 unspecified atom stereocenters. The van der Waals surface area contributed by atoms with Gasteiger partial charge >= 0.3 is 0 Å². The van der Waals surface area contributed by atoms with E-state index in [9.17, 15) is 0 Å². The van der Waals surface area contributed by atoms with Crippen LogP contribution < -0.4 is 0 Å². The molecule has 0 N–H and O–H groups in total. The van der Waals surface area contributed by atoms with Crippen LogP contribution in [0.1, 0.15) is 25.0 Å². The van der Waals surface area contributed by atoms with Gasteiger partial charge in [-0.05, 0) is 68.8 Å². The Kier molecular flexibility index (Phi) is 7.80. The minimum absolute atomic E-state index is 0.105. The predicted molar refractivity (Wildman–Crippen MR) is 239 cm³/mol. The monoisotopic (exact) mass is 742 g/mol. The Morgan fingerprint density at radius 3 is 1.48 bits per heavy atom. The fraction of sp³-hybridized carbons (Fsp3) is 0.0556. The molecule has 4 heteroatoms. The summed E-state index contributed by atoms with van der Waals surface area (Å²) in [5.74, 6) is 1.91. The molecule has 10 aromatic rings. The van der Waals surface area contributed by atoms with Crippen LogP contribution in [0.15, 0.2) is 194 Å². The highest BCUT2D eigenvalue weighted by atomic mass is 15.0. The van der Waals surface area contributed by atoms with Gasteiger partial charge in [0, 0.05) is 38.6 Å². The maximum absolute atomic E-state index is 5.17. The first-order chi connectivity index (χ1) is 28.5. The molecule has 2 heterocycles. The van der Waals surface area contributed by atoms with E-state index in [0.717, 1.165) is 39.0 Å². The van der Waals surface area contributed by atoms with E-state index in [0.29, 0.717) is 17.5 Å². The van der Waals surface area contributed by atoms with Crippen LogP contribution in [0, 0.1) is 0 Å². The van der Waals surface area contributed by atoms with Crippen LogP contribution in [0.3, 0.4) is 0 Å². The van der Waals surface area contributed by atoms with Gasteiger partial charge in [0.15, 0.2) is 17.5 Å². The number of para-hydroxylation sites is 1. The van der Waals surface area contributed by atoms with Gasteiger partial charge < -0.3 is 4.57 Å². The van der Waals surface area contributed by atoms with Gasteiger partial charge in [-0.3, -0.25) is 0 Å². The van der Waals surface area contributed by atoms with E-state index in [4.69, 9.17) is 15.0 Å². The van der Waals surface area contributed by atoms with Crippen LogP contribution in [-0.2, 0) is 5.41 Å². The van der Waals surface area contributed by atoms with Gasteiger partial charge in [0.05, 0.1) is 11.0 Å². The summed E-state index contributed by atoms with van der Waals surface area (Å²) in [5.41, 5.74) is 16.2.